The molecular weight excluding hydrogens is 328 g/mol. The van der Waals surface area contributed by atoms with Gasteiger partial charge in [0, 0.05) is 17.3 Å². The van der Waals surface area contributed by atoms with E-state index in [4.69, 9.17) is 17.3 Å². The summed E-state index contributed by atoms with van der Waals surface area (Å²) in [7, 11) is 0. The standard InChI is InChI=1S/C16H17ClN6O/c1-8-13(22-16(18)19-8)15(24)23-6-2-3-12(23)14-20-10-5-4-9(17)7-11(10)21-14/h4-5,7,12H,2-3,6H2,1H3,(H,20,21)(H3,18,19,22). The minimum atomic E-state index is -0.124. The molecule has 124 valence electrons. The predicted octanol–water partition coefficient (Wildman–Crippen LogP) is 2.81. The number of anilines is 1. The first kappa shape index (κ1) is 15.0. The Balaban J connectivity index is 1.68. The van der Waals surface area contributed by atoms with Crippen molar-refractivity contribution in [3.05, 3.63) is 40.4 Å². The average Bonchev–Trinajstić information content (AvgIpc) is 3.23. The van der Waals surface area contributed by atoms with Crippen molar-refractivity contribution in [1.29, 1.82) is 0 Å². The van der Waals surface area contributed by atoms with Gasteiger partial charge in [-0.05, 0) is 38.0 Å². The number of nitrogens with two attached hydrogens (primary N) is 1. The number of likely N-dealkylation sites (tertiary alicyclic amines) is 1. The second-order valence-electron chi connectivity index (χ2n) is 6.04. The van der Waals surface area contributed by atoms with Gasteiger partial charge >= 0.3 is 0 Å². The fourth-order valence-electron chi connectivity index (χ4n) is 3.28. The highest BCUT2D eigenvalue weighted by Gasteiger charge is 2.34. The van der Waals surface area contributed by atoms with Gasteiger partial charge in [0.05, 0.1) is 17.1 Å². The van der Waals surface area contributed by atoms with E-state index in [2.05, 4.69) is 19.9 Å². The minimum Gasteiger partial charge on any atom is -0.369 e. The topological polar surface area (TPSA) is 104 Å². The highest BCUT2D eigenvalue weighted by atomic mass is 35.5. The van der Waals surface area contributed by atoms with Crippen LogP contribution in [0.1, 0.15) is 40.9 Å². The summed E-state index contributed by atoms with van der Waals surface area (Å²) in [5.41, 5.74) is 8.43. The van der Waals surface area contributed by atoms with Gasteiger partial charge in [0.2, 0.25) is 0 Å². The molecular formula is C16H17ClN6O. The largest absolute Gasteiger partial charge is 0.369 e. The summed E-state index contributed by atoms with van der Waals surface area (Å²) in [5.74, 6) is 0.908. The monoisotopic (exact) mass is 344 g/mol. The summed E-state index contributed by atoms with van der Waals surface area (Å²) < 4.78 is 0. The van der Waals surface area contributed by atoms with Crippen LogP contribution in [0.4, 0.5) is 5.95 Å². The van der Waals surface area contributed by atoms with Crippen LogP contribution in [-0.4, -0.2) is 37.3 Å². The first-order chi connectivity index (χ1) is 11.5. The van der Waals surface area contributed by atoms with E-state index in [0.717, 1.165) is 29.7 Å². The van der Waals surface area contributed by atoms with E-state index in [1.165, 1.54) is 0 Å². The number of carbonyl (C=O) groups is 1. The van der Waals surface area contributed by atoms with Crippen LogP contribution in [0.3, 0.4) is 0 Å². The maximum atomic E-state index is 12.9. The van der Waals surface area contributed by atoms with E-state index < -0.39 is 0 Å². The third kappa shape index (κ3) is 2.41. The lowest BCUT2D eigenvalue weighted by atomic mass is 10.2. The number of nitrogens with one attached hydrogen (secondary N) is 2. The molecule has 1 amide bonds. The van der Waals surface area contributed by atoms with E-state index in [-0.39, 0.29) is 17.9 Å². The van der Waals surface area contributed by atoms with Crippen molar-refractivity contribution in [2.75, 3.05) is 12.3 Å². The Hall–Kier alpha value is -2.54. The summed E-state index contributed by atoms with van der Waals surface area (Å²) in [6.07, 6.45) is 1.78. The third-order valence-electron chi connectivity index (χ3n) is 4.40. The minimum absolute atomic E-state index is 0.0963. The number of aromatic nitrogens is 4. The third-order valence-corrected chi connectivity index (χ3v) is 4.63. The van der Waals surface area contributed by atoms with E-state index in [1.807, 2.05) is 23.1 Å². The number of nitrogen functional groups attached to an aromatic ring is 1. The highest BCUT2D eigenvalue weighted by Crippen LogP contribution is 2.33. The van der Waals surface area contributed by atoms with E-state index in [1.54, 1.807) is 6.92 Å². The number of fused-ring (bicyclic) bond motifs is 1. The quantitative estimate of drug-likeness (QED) is 0.664. The van der Waals surface area contributed by atoms with Crippen molar-refractivity contribution in [2.45, 2.75) is 25.8 Å². The lowest BCUT2D eigenvalue weighted by Crippen LogP contribution is -2.31. The Morgan fingerprint density at radius 3 is 2.96 bits per heavy atom. The molecule has 3 heterocycles. The number of halogens is 1. The molecule has 0 aliphatic carbocycles. The molecule has 24 heavy (non-hydrogen) atoms. The molecule has 1 atom stereocenters. The fraction of sp³-hybridized carbons (Fsp3) is 0.312. The van der Waals surface area contributed by atoms with Gasteiger partial charge in [-0.2, -0.15) is 0 Å². The van der Waals surface area contributed by atoms with Gasteiger partial charge in [-0.25, -0.2) is 9.97 Å². The lowest BCUT2D eigenvalue weighted by Gasteiger charge is -2.22. The Morgan fingerprint density at radius 2 is 2.21 bits per heavy atom. The van der Waals surface area contributed by atoms with Crippen LogP contribution < -0.4 is 5.73 Å². The van der Waals surface area contributed by atoms with Crippen LogP contribution in [0.25, 0.3) is 11.0 Å². The summed E-state index contributed by atoms with van der Waals surface area (Å²) in [6, 6.07) is 5.42. The number of aryl methyl sites for hydroxylation is 1. The zero-order valence-electron chi connectivity index (χ0n) is 13.1. The molecule has 4 N–H and O–H groups in total. The van der Waals surface area contributed by atoms with Gasteiger partial charge in [0.25, 0.3) is 5.91 Å². The number of aromatic amines is 2. The van der Waals surface area contributed by atoms with Crippen LogP contribution in [0, 0.1) is 6.92 Å². The molecule has 1 unspecified atom stereocenters. The van der Waals surface area contributed by atoms with Crippen molar-refractivity contribution in [1.82, 2.24) is 24.8 Å². The van der Waals surface area contributed by atoms with Crippen LogP contribution in [0.2, 0.25) is 5.02 Å². The van der Waals surface area contributed by atoms with Gasteiger partial charge in [0.15, 0.2) is 11.6 Å². The molecule has 3 aromatic rings. The Labute approximate surface area is 143 Å². The fourth-order valence-corrected chi connectivity index (χ4v) is 3.45. The first-order valence-corrected chi connectivity index (χ1v) is 8.19. The molecule has 1 aliphatic rings. The molecule has 4 rings (SSSR count). The highest BCUT2D eigenvalue weighted by molar-refractivity contribution is 6.31. The van der Waals surface area contributed by atoms with Crippen molar-refractivity contribution in [3.8, 4) is 0 Å². The molecule has 1 aliphatic heterocycles. The average molecular weight is 345 g/mol. The van der Waals surface area contributed by atoms with E-state index in [0.29, 0.717) is 23.0 Å². The van der Waals surface area contributed by atoms with Gasteiger partial charge in [-0.1, -0.05) is 11.6 Å². The molecule has 1 fully saturated rings. The first-order valence-electron chi connectivity index (χ1n) is 7.81. The number of H-pyrrole nitrogens is 2. The number of rotatable bonds is 2. The maximum Gasteiger partial charge on any atom is 0.275 e. The molecule has 0 radical (unpaired) electrons. The van der Waals surface area contributed by atoms with Crippen molar-refractivity contribution in [3.63, 3.8) is 0 Å². The van der Waals surface area contributed by atoms with Gasteiger partial charge in [-0.3, -0.25) is 4.79 Å². The molecule has 2 aromatic heterocycles. The molecule has 0 spiro atoms. The molecule has 1 saturated heterocycles. The summed E-state index contributed by atoms with van der Waals surface area (Å²) in [6.45, 7) is 2.47. The molecule has 0 bridgehead atoms. The Kier molecular flexibility index (Phi) is 3.45. The number of hydrogen-bond acceptors (Lipinski definition) is 4. The van der Waals surface area contributed by atoms with Crippen LogP contribution in [0.15, 0.2) is 18.2 Å². The number of carbonyl (C=O) groups excluding carboxylic acids is 1. The summed E-state index contributed by atoms with van der Waals surface area (Å²) in [4.78, 5) is 29.6. The normalized spacial score (nSPS) is 17.8. The number of amides is 1. The molecule has 7 nitrogen and oxygen atoms in total. The number of nitrogens with zero attached hydrogens (tertiary/aromatic N) is 3. The summed E-state index contributed by atoms with van der Waals surface area (Å²) in [5, 5.41) is 0.652. The van der Waals surface area contributed by atoms with Crippen LogP contribution in [0.5, 0.6) is 0 Å². The smallest absolute Gasteiger partial charge is 0.275 e. The lowest BCUT2D eigenvalue weighted by molar-refractivity contribution is 0.0724. The van der Waals surface area contributed by atoms with Crippen molar-refractivity contribution in [2.24, 2.45) is 0 Å². The predicted molar refractivity (Wildman–Crippen MR) is 91.9 cm³/mol. The van der Waals surface area contributed by atoms with Crippen LogP contribution in [-0.2, 0) is 0 Å². The zero-order valence-corrected chi connectivity index (χ0v) is 13.9. The Morgan fingerprint density at radius 1 is 1.38 bits per heavy atom. The molecule has 0 saturated carbocycles. The number of hydrogen-bond donors (Lipinski definition) is 3. The second-order valence-corrected chi connectivity index (χ2v) is 6.47. The van der Waals surface area contributed by atoms with Gasteiger partial charge in [-0.15, -0.1) is 0 Å². The van der Waals surface area contributed by atoms with E-state index >= 15 is 0 Å². The van der Waals surface area contributed by atoms with Crippen LogP contribution >= 0.6 is 11.6 Å². The zero-order chi connectivity index (χ0) is 16.8. The second kappa shape index (κ2) is 5.52. The van der Waals surface area contributed by atoms with E-state index in [9.17, 15) is 4.79 Å². The SMILES string of the molecule is Cc1[nH]c(N)nc1C(=O)N1CCCC1c1nc2ccc(Cl)cc2[nH]1. The maximum absolute atomic E-state index is 12.9. The van der Waals surface area contributed by atoms with Gasteiger partial charge in [0.1, 0.15) is 5.82 Å². The number of imidazole rings is 2. The van der Waals surface area contributed by atoms with Crippen molar-refractivity contribution < 1.29 is 4.79 Å². The number of benzene rings is 1. The van der Waals surface area contributed by atoms with Crippen molar-refractivity contribution >= 4 is 34.5 Å². The van der Waals surface area contributed by atoms with Gasteiger partial charge < -0.3 is 20.6 Å². The molecule has 1 aromatic carbocycles. The Bertz CT molecular complexity index is 930. The summed E-state index contributed by atoms with van der Waals surface area (Å²) >= 11 is 6.03. The molecule has 8 heteroatoms.